The van der Waals surface area contributed by atoms with Crippen LogP contribution in [0.5, 0.6) is 0 Å². The highest BCUT2D eigenvalue weighted by Crippen LogP contribution is 2.38. The third-order valence-corrected chi connectivity index (χ3v) is 3.75. The number of aliphatic hydroxyl groups is 1. The molecule has 0 saturated heterocycles. The summed E-state index contributed by atoms with van der Waals surface area (Å²) in [5, 5.41) is 9.67. The second-order valence-corrected chi connectivity index (χ2v) is 5.35. The van der Waals surface area contributed by atoms with Gasteiger partial charge in [-0.2, -0.15) is 13.2 Å². The summed E-state index contributed by atoms with van der Waals surface area (Å²) in [6.07, 6.45) is -3.95. The van der Waals surface area contributed by atoms with Gasteiger partial charge in [0.2, 0.25) is 0 Å². The highest BCUT2D eigenvalue weighted by molar-refractivity contribution is 6.45. The molecule has 0 unspecified atom stereocenters. The molecular weight excluding hydrogens is 350 g/mol. The molecule has 112 valence electrons. The van der Waals surface area contributed by atoms with E-state index in [1.54, 1.807) is 0 Å². The first-order chi connectivity index (χ1) is 9.74. The van der Waals surface area contributed by atoms with Gasteiger partial charge in [0.05, 0.1) is 27.9 Å². The Labute approximate surface area is 133 Å². The van der Waals surface area contributed by atoms with Crippen LogP contribution in [0, 0.1) is 0 Å². The first-order valence-corrected chi connectivity index (χ1v) is 6.69. The minimum Gasteiger partial charge on any atom is -0.392 e. The van der Waals surface area contributed by atoms with Crippen molar-refractivity contribution in [3.8, 4) is 11.3 Å². The molecular formula is C13H7Cl3F3NO. The van der Waals surface area contributed by atoms with Gasteiger partial charge in [0.1, 0.15) is 0 Å². The highest BCUT2D eigenvalue weighted by atomic mass is 35.5. The molecule has 2 nitrogen and oxygen atoms in total. The van der Waals surface area contributed by atoms with Crippen LogP contribution >= 0.6 is 34.8 Å². The van der Waals surface area contributed by atoms with E-state index in [1.165, 1.54) is 12.1 Å². The number of alkyl halides is 3. The summed E-state index contributed by atoms with van der Waals surface area (Å²) in [5.74, 6) is 0. The van der Waals surface area contributed by atoms with Crippen molar-refractivity contribution in [2.45, 2.75) is 12.8 Å². The average Bonchev–Trinajstić information content (AvgIpc) is 2.41. The fourth-order valence-corrected chi connectivity index (χ4v) is 2.47. The second-order valence-electron chi connectivity index (χ2n) is 4.13. The molecule has 0 atom stereocenters. The van der Waals surface area contributed by atoms with Crippen molar-refractivity contribution >= 4 is 34.8 Å². The zero-order valence-corrected chi connectivity index (χ0v) is 12.4. The molecule has 1 N–H and O–H groups in total. The Morgan fingerprint density at radius 2 is 1.76 bits per heavy atom. The topological polar surface area (TPSA) is 33.1 Å². The number of halogens is 6. The van der Waals surface area contributed by atoms with E-state index in [-0.39, 0.29) is 31.9 Å². The molecule has 0 aliphatic heterocycles. The van der Waals surface area contributed by atoms with Gasteiger partial charge < -0.3 is 5.11 Å². The molecule has 21 heavy (non-hydrogen) atoms. The summed E-state index contributed by atoms with van der Waals surface area (Å²) >= 11 is 17.7. The summed E-state index contributed by atoms with van der Waals surface area (Å²) in [6.45, 7) is -0.781. The van der Waals surface area contributed by atoms with Crippen molar-refractivity contribution < 1.29 is 18.3 Å². The van der Waals surface area contributed by atoms with Gasteiger partial charge in [0.15, 0.2) is 0 Å². The Kier molecular flexibility index (Phi) is 4.68. The minimum atomic E-state index is -4.60. The largest absolute Gasteiger partial charge is 0.418 e. The van der Waals surface area contributed by atoms with Crippen LogP contribution in [-0.4, -0.2) is 10.1 Å². The van der Waals surface area contributed by atoms with Crippen molar-refractivity contribution in [3.63, 3.8) is 0 Å². The quantitative estimate of drug-likeness (QED) is 0.748. The summed E-state index contributed by atoms with van der Waals surface area (Å²) in [4.78, 5) is 3.73. The molecule has 1 heterocycles. The van der Waals surface area contributed by atoms with Gasteiger partial charge >= 0.3 is 6.18 Å². The number of pyridine rings is 1. The van der Waals surface area contributed by atoms with E-state index in [1.807, 2.05) is 0 Å². The van der Waals surface area contributed by atoms with Gasteiger partial charge in [-0.15, -0.1) is 0 Å². The maximum absolute atomic E-state index is 12.8. The predicted octanol–water partition coefficient (Wildman–Crippen LogP) is 5.22. The van der Waals surface area contributed by atoms with Crippen molar-refractivity contribution in [2.75, 3.05) is 0 Å². The van der Waals surface area contributed by atoms with Crippen LogP contribution in [0.4, 0.5) is 13.2 Å². The SMILES string of the molecule is OCc1cc(-c2cc(Cl)cc(Cl)c2Cl)ncc1C(F)(F)F. The maximum Gasteiger partial charge on any atom is 0.418 e. The van der Waals surface area contributed by atoms with Crippen molar-refractivity contribution in [2.24, 2.45) is 0 Å². The van der Waals surface area contributed by atoms with Crippen LogP contribution in [0.25, 0.3) is 11.3 Å². The lowest BCUT2D eigenvalue weighted by Gasteiger charge is -2.13. The summed E-state index contributed by atoms with van der Waals surface area (Å²) < 4.78 is 38.3. The van der Waals surface area contributed by atoms with E-state index in [9.17, 15) is 13.2 Å². The average molecular weight is 357 g/mol. The molecule has 0 fully saturated rings. The lowest BCUT2D eigenvalue weighted by molar-refractivity contribution is -0.138. The highest BCUT2D eigenvalue weighted by Gasteiger charge is 2.34. The number of hydrogen-bond donors (Lipinski definition) is 1. The van der Waals surface area contributed by atoms with Crippen LogP contribution in [0.15, 0.2) is 24.4 Å². The molecule has 2 rings (SSSR count). The number of hydrogen-bond acceptors (Lipinski definition) is 2. The number of aromatic nitrogens is 1. The molecule has 1 aromatic carbocycles. The monoisotopic (exact) mass is 355 g/mol. The molecule has 0 spiro atoms. The lowest BCUT2D eigenvalue weighted by atomic mass is 10.1. The van der Waals surface area contributed by atoms with Crippen molar-refractivity contribution in [3.05, 3.63) is 50.6 Å². The fourth-order valence-electron chi connectivity index (χ4n) is 1.77. The van der Waals surface area contributed by atoms with Gasteiger partial charge in [-0.05, 0) is 23.8 Å². The Morgan fingerprint density at radius 1 is 1.10 bits per heavy atom. The Balaban J connectivity index is 2.62. The molecule has 8 heteroatoms. The molecule has 0 aliphatic carbocycles. The fraction of sp³-hybridized carbons (Fsp3) is 0.154. The number of benzene rings is 1. The maximum atomic E-state index is 12.8. The van der Waals surface area contributed by atoms with Crippen molar-refractivity contribution in [1.82, 2.24) is 4.98 Å². The third-order valence-electron chi connectivity index (χ3n) is 2.73. The van der Waals surface area contributed by atoms with E-state index < -0.39 is 18.3 Å². The zero-order chi connectivity index (χ0) is 15.8. The van der Waals surface area contributed by atoms with Crippen molar-refractivity contribution in [1.29, 1.82) is 0 Å². The van der Waals surface area contributed by atoms with E-state index >= 15 is 0 Å². The molecule has 1 aromatic heterocycles. The van der Waals surface area contributed by atoms with Crippen LogP contribution in [0.3, 0.4) is 0 Å². The second kappa shape index (κ2) is 6.01. The van der Waals surface area contributed by atoms with E-state index in [4.69, 9.17) is 39.9 Å². The van der Waals surface area contributed by atoms with Gasteiger partial charge in [-0.1, -0.05) is 34.8 Å². The van der Waals surface area contributed by atoms with Gasteiger partial charge in [0.25, 0.3) is 0 Å². The smallest absolute Gasteiger partial charge is 0.392 e. The number of aliphatic hydroxyl groups excluding tert-OH is 1. The standard InChI is InChI=1S/C13H7Cl3F3NO/c14-7-2-8(12(16)10(15)3-7)11-1-6(5-21)9(4-20-11)13(17,18)19/h1-4,21H,5H2. The van der Waals surface area contributed by atoms with Crippen LogP contribution in [0.2, 0.25) is 15.1 Å². The molecule has 0 bridgehead atoms. The Morgan fingerprint density at radius 3 is 2.33 bits per heavy atom. The van der Waals surface area contributed by atoms with Gasteiger partial charge in [0, 0.05) is 16.8 Å². The molecule has 2 aromatic rings. The van der Waals surface area contributed by atoms with Crippen LogP contribution < -0.4 is 0 Å². The molecule has 0 saturated carbocycles. The number of rotatable bonds is 2. The summed E-state index contributed by atoms with van der Waals surface area (Å²) in [5.41, 5.74) is -0.878. The first kappa shape index (κ1) is 16.4. The minimum absolute atomic E-state index is 0.122. The van der Waals surface area contributed by atoms with E-state index in [2.05, 4.69) is 4.98 Å². The van der Waals surface area contributed by atoms with E-state index in [0.717, 1.165) is 6.07 Å². The zero-order valence-electron chi connectivity index (χ0n) is 10.2. The van der Waals surface area contributed by atoms with E-state index in [0.29, 0.717) is 6.20 Å². The normalized spacial score (nSPS) is 11.8. The molecule has 0 aliphatic rings. The Hall–Kier alpha value is -1.01. The first-order valence-electron chi connectivity index (χ1n) is 5.56. The Bertz CT molecular complexity index is 689. The predicted molar refractivity (Wildman–Crippen MR) is 75.6 cm³/mol. The van der Waals surface area contributed by atoms with Gasteiger partial charge in [-0.3, -0.25) is 4.98 Å². The van der Waals surface area contributed by atoms with Crippen LogP contribution in [0.1, 0.15) is 11.1 Å². The summed E-state index contributed by atoms with van der Waals surface area (Å²) in [6, 6.07) is 3.95. The number of nitrogens with zero attached hydrogens (tertiary/aromatic N) is 1. The lowest BCUT2D eigenvalue weighted by Crippen LogP contribution is -2.10. The summed E-state index contributed by atoms with van der Waals surface area (Å²) in [7, 11) is 0. The third kappa shape index (κ3) is 3.43. The van der Waals surface area contributed by atoms with Gasteiger partial charge in [-0.25, -0.2) is 0 Å². The van der Waals surface area contributed by atoms with Crippen LogP contribution in [-0.2, 0) is 12.8 Å². The molecule has 0 radical (unpaired) electrons. The molecule has 0 amide bonds.